The van der Waals surface area contributed by atoms with E-state index in [9.17, 15) is 4.79 Å². The predicted molar refractivity (Wildman–Crippen MR) is 101 cm³/mol. The quantitative estimate of drug-likeness (QED) is 0.821. The number of thioether (sulfide) groups is 1. The minimum Gasteiger partial charge on any atom is -0.350 e. The lowest BCUT2D eigenvalue weighted by molar-refractivity contribution is -0.124. The molecule has 136 valence electrons. The summed E-state index contributed by atoms with van der Waals surface area (Å²) in [4.78, 5) is 16.9. The van der Waals surface area contributed by atoms with Gasteiger partial charge in [0.25, 0.3) is 0 Å². The van der Waals surface area contributed by atoms with E-state index in [4.69, 9.17) is 0 Å². The van der Waals surface area contributed by atoms with Gasteiger partial charge in [0.05, 0.1) is 11.4 Å². The molecule has 4 bridgehead atoms. The first-order valence-corrected chi connectivity index (χ1v) is 10.6. The van der Waals surface area contributed by atoms with Crippen LogP contribution in [0.25, 0.3) is 5.69 Å². The van der Waals surface area contributed by atoms with Crippen LogP contribution in [0.3, 0.4) is 0 Å². The molecule has 1 aromatic heterocycles. The molecule has 26 heavy (non-hydrogen) atoms. The highest BCUT2D eigenvalue weighted by molar-refractivity contribution is 7.99. The van der Waals surface area contributed by atoms with Crippen molar-refractivity contribution in [2.45, 2.75) is 49.2 Å². The van der Waals surface area contributed by atoms with Crippen molar-refractivity contribution in [3.63, 3.8) is 0 Å². The summed E-state index contributed by atoms with van der Waals surface area (Å²) >= 11 is 1.42. The fraction of sp³-hybridized carbons (Fsp3) is 0.550. The Bertz CT molecular complexity index is 768. The number of carbonyl (C=O) groups excluding carboxylic acids is 1. The molecule has 5 nitrogen and oxygen atoms in total. The first kappa shape index (κ1) is 16.4. The molecule has 1 N–H and O–H groups in total. The van der Waals surface area contributed by atoms with Crippen molar-refractivity contribution in [2.24, 2.45) is 17.8 Å². The van der Waals surface area contributed by atoms with Gasteiger partial charge in [-0.05, 0) is 68.4 Å². The van der Waals surface area contributed by atoms with E-state index >= 15 is 0 Å². The molecule has 4 aliphatic rings. The highest BCUT2D eigenvalue weighted by Crippen LogP contribution is 2.55. The third-order valence-electron chi connectivity index (χ3n) is 6.27. The summed E-state index contributed by atoms with van der Waals surface area (Å²) in [6.07, 6.45) is 9.46. The van der Waals surface area contributed by atoms with E-state index < -0.39 is 0 Å². The van der Waals surface area contributed by atoms with Gasteiger partial charge in [0.15, 0.2) is 0 Å². The number of hydrogen-bond acceptors (Lipinski definition) is 4. The molecule has 0 unspecified atom stereocenters. The van der Waals surface area contributed by atoms with Gasteiger partial charge >= 0.3 is 0 Å². The van der Waals surface area contributed by atoms with Gasteiger partial charge in [-0.1, -0.05) is 30.0 Å². The lowest BCUT2D eigenvalue weighted by atomic mass is 9.53. The van der Waals surface area contributed by atoms with E-state index in [0.717, 1.165) is 23.4 Å². The largest absolute Gasteiger partial charge is 0.350 e. The van der Waals surface area contributed by atoms with Crippen LogP contribution in [0.4, 0.5) is 0 Å². The number of nitrogens with zero attached hydrogens (tertiary/aromatic N) is 3. The van der Waals surface area contributed by atoms with Crippen molar-refractivity contribution in [3.05, 3.63) is 36.7 Å². The topological polar surface area (TPSA) is 59.8 Å². The van der Waals surface area contributed by atoms with Crippen molar-refractivity contribution >= 4 is 17.7 Å². The van der Waals surface area contributed by atoms with Gasteiger partial charge in [-0.3, -0.25) is 4.79 Å². The summed E-state index contributed by atoms with van der Waals surface area (Å²) in [6.45, 7) is 0. The van der Waals surface area contributed by atoms with Crippen LogP contribution in [0, 0.1) is 17.8 Å². The first-order valence-electron chi connectivity index (χ1n) is 9.58. The SMILES string of the molecule is O=C(CSc1ncn(-c2ccccc2)n1)NC12CC3CC(CC(C3)C1)C2. The summed E-state index contributed by atoms with van der Waals surface area (Å²) < 4.78 is 1.75. The Kier molecular flexibility index (Phi) is 4.03. The van der Waals surface area contributed by atoms with Gasteiger partial charge in [-0.2, -0.15) is 0 Å². The zero-order chi connectivity index (χ0) is 17.6. The van der Waals surface area contributed by atoms with Gasteiger partial charge in [-0.25, -0.2) is 9.67 Å². The smallest absolute Gasteiger partial charge is 0.230 e. The monoisotopic (exact) mass is 368 g/mol. The molecule has 1 heterocycles. The molecule has 6 heteroatoms. The number of rotatable bonds is 5. The maximum atomic E-state index is 12.6. The number of carbonyl (C=O) groups is 1. The highest BCUT2D eigenvalue weighted by Gasteiger charge is 2.51. The Morgan fingerprint density at radius 1 is 1.12 bits per heavy atom. The van der Waals surface area contributed by atoms with Crippen molar-refractivity contribution in [1.82, 2.24) is 20.1 Å². The summed E-state index contributed by atoms with van der Waals surface area (Å²) in [5, 5.41) is 8.53. The third-order valence-corrected chi connectivity index (χ3v) is 7.12. The van der Waals surface area contributed by atoms with Gasteiger partial charge in [0.2, 0.25) is 11.1 Å². The molecule has 6 rings (SSSR count). The molecule has 4 aliphatic carbocycles. The Hall–Kier alpha value is -1.82. The van der Waals surface area contributed by atoms with Gasteiger partial charge < -0.3 is 5.32 Å². The summed E-state index contributed by atoms with van der Waals surface area (Å²) in [7, 11) is 0. The van der Waals surface area contributed by atoms with Crippen LogP contribution < -0.4 is 5.32 Å². The molecule has 1 amide bonds. The summed E-state index contributed by atoms with van der Waals surface area (Å²) in [5.41, 5.74) is 1.06. The van der Waals surface area contributed by atoms with E-state index in [-0.39, 0.29) is 11.4 Å². The van der Waals surface area contributed by atoms with Crippen LogP contribution in [-0.2, 0) is 4.79 Å². The molecule has 4 saturated carbocycles. The van der Waals surface area contributed by atoms with Crippen LogP contribution >= 0.6 is 11.8 Å². The normalized spacial score (nSPS) is 31.9. The molecular weight excluding hydrogens is 344 g/mol. The summed E-state index contributed by atoms with van der Waals surface area (Å²) in [6, 6.07) is 9.90. The van der Waals surface area contributed by atoms with E-state index in [1.54, 1.807) is 11.0 Å². The molecule has 0 aliphatic heterocycles. The van der Waals surface area contributed by atoms with E-state index in [1.807, 2.05) is 30.3 Å². The molecule has 0 atom stereocenters. The second-order valence-electron chi connectivity index (χ2n) is 8.34. The fourth-order valence-electron chi connectivity index (χ4n) is 5.74. The average Bonchev–Trinajstić information content (AvgIpc) is 3.08. The van der Waals surface area contributed by atoms with Gasteiger partial charge in [0, 0.05) is 5.54 Å². The standard InChI is InChI=1S/C20H24N4OS/c25-18(22-20-9-14-6-15(10-20)8-16(7-14)11-20)12-26-19-21-13-24(23-19)17-4-2-1-3-5-17/h1-5,13-16H,6-12H2,(H,22,25). The molecule has 0 saturated heterocycles. The summed E-state index contributed by atoms with van der Waals surface area (Å²) in [5.74, 6) is 3.06. The van der Waals surface area contributed by atoms with Crippen LogP contribution in [0.15, 0.2) is 41.8 Å². The number of nitrogens with one attached hydrogen (secondary N) is 1. The second kappa shape index (κ2) is 6.41. The minimum absolute atomic E-state index is 0.0865. The van der Waals surface area contributed by atoms with E-state index in [1.165, 1.54) is 50.3 Å². The van der Waals surface area contributed by atoms with Crippen molar-refractivity contribution < 1.29 is 4.79 Å². The molecular formula is C20H24N4OS. The average molecular weight is 369 g/mol. The van der Waals surface area contributed by atoms with Gasteiger partial charge in [-0.15, -0.1) is 5.10 Å². The first-order chi connectivity index (χ1) is 12.7. The lowest BCUT2D eigenvalue weighted by Crippen LogP contribution is -2.60. The second-order valence-corrected chi connectivity index (χ2v) is 9.28. The Balaban J connectivity index is 1.19. The molecule has 0 radical (unpaired) electrons. The maximum absolute atomic E-state index is 12.6. The Morgan fingerprint density at radius 2 is 1.77 bits per heavy atom. The van der Waals surface area contributed by atoms with Crippen molar-refractivity contribution in [3.8, 4) is 5.69 Å². The van der Waals surface area contributed by atoms with Crippen LogP contribution in [-0.4, -0.2) is 32.0 Å². The zero-order valence-electron chi connectivity index (χ0n) is 14.8. The molecule has 1 aromatic carbocycles. The fourth-order valence-corrected chi connectivity index (χ4v) is 6.34. The highest BCUT2D eigenvalue weighted by atomic mass is 32.2. The minimum atomic E-state index is 0.0865. The van der Waals surface area contributed by atoms with Crippen molar-refractivity contribution in [2.75, 3.05) is 5.75 Å². The number of benzene rings is 1. The van der Waals surface area contributed by atoms with Crippen LogP contribution in [0.5, 0.6) is 0 Å². The van der Waals surface area contributed by atoms with E-state index in [2.05, 4.69) is 15.4 Å². The third kappa shape index (κ3) is 3.15. The van der Waals surface area contributed by atoms with Gasteiger partial charge in [0.1, 0.15) is 6.33 Å². The predicted octanol–water partition coefficient (Wildman–Crippen LogP) is 3.44. The van der Waals surface area contributed by atoms with Crippen LogP contribution in [0.2, 0.25) is 0 Å². The number of aromatic nitrogens is 3. The maximum Gasteiger partial charge on any atom is 0.230 e. The Morgan fingerprint density at radius 3 is 2.42 bits per heavy atom. The number of para-hydroxylation sites is 1. The van der Waals surface area contributed by atoms with E-state index in [0.29, 0.717) is 10.9 Å². The zero-order valence-corrected chi connectivity index (χ0v) is 15.6. The Labute approximate surface area is 158 Å². The molecule has 2 aromatic rings. The van der Waals surface area contributed by atoms with Crippen LogP contribution in [0.1, 0.15) is 38.5 Å². The van der Waals surface area contributed by atoms with Crippen molar-refractivity contribution in [1.29, 1.82) is 0 Å². The molecule has 4 fully saturated rings. The number of amides is 1. The number of hydrogen-bond donors (Lipinski definition) is 1. The molecule has 0 spiro atoms. The lowest BCUT2D eigenvalue weighted by Gasteiger charge is -2.56.